The quantitative estimate of drug-likeness (QED) is 0.781. The molecule has 1 aromatic heterocycles. The van der Waals surface area contributed by atoms with Gasteiger partial charge in [0.05, 0.1) is 11.0 Å². The molecule has 4 heteroatoms. The zero-order valence-corrected chi connectivity index (χ0v) is 12.3. The van der Waals surface area contributed by atoms with E-state index in [1.165, 1.54) is 5.56 Å². The number of aryl methyl sites for hydroxylation is 3. The minimum atomic E-state index is -0.121. The van der Waals surface area contributed by atoms with Crippen molar-refractivity contribution in [1.82, 2.24) is 9.55 Å². The van der Waals surface area contributed by atoms with Crippen molar-refractivity contribution in [1.29, 1.82) is 0 Å². The Balaban J connectivity index is 1.89. The van der Waals surface area contributed by atoms with Crippen LogP contribution in [0.3, 0.4) is 0 Å². The van der Waals surface area contributed by atoms with Crippen molar-refractivity contribution < 1.29 is 4.79 Å². The van der Waals surface area contributed by atoms with E-state index in [9.17, 15) is 4.79 Å². The summed E-state index contributed by atoms with van der Waals surface area (Å²) >= 11 is 0. The highest BCUT2D eigenvalue weighted by atomic mass is 16.1. The zero-order valence-electron chi connectivity index (χ0n) is 12.3. The summed E-state index contributed by atoms with van der Waals surface area (Å²) in [6, 6.07) is 13.3. The van der Waals surface area contributed by atoms with E-state index in [0.717, 1.165) is 22.5 Å². The van der Waals surface area contributed by atoms with Crippen molar-refractivity contribution in [2.75, 3.05) is 5.32 Å². The highest BCUT2D eigenvalue weighted by molar-refractivity contribution is 6.05. The van der Waals surface area contributed by atoms with Crippen LogP contribution in [0.15, 0.2) is 42.5 Å². The third kappa shape index (κ3) is 2.52. The molecule has 0 saturated heterocycles. The number of hydrogen-bond acceptors (Lipinski definition) is 2. The molecule has 2 aromatic carbocycles. The van der Waals surface area contributed by atoms with Crippen molar-refractivity contribution >= 4 is 22.6 Å². The average Bonchev–Trinajstić information content (AvgIpc) is 2.76. The fraction of sp³-hybridized carbons (Fsp3) is 0.176. The lowest BCUT2D eigenvalue weighted by atomic mass is 10.1. The molecule has 0 unspecified atom stereocenters. The Labute approximate surface area is 123 Å². The maximum Gasteiger partial charge on any atom is 0.255 e. The van der Waals surface area contributed by atoms with Gasteiger partial charge in [0.1, 0.15) is 5.82 Å². The molecule has 0 radical (unpaired) electrons. The standard InChI is InChI=1S/C17H17N3O/c1-11-4-7-14(8-5-11)19-17(21)13-6-9-16-15(10-13)18-12(2)20(16)3/h4-10H,1-3H3,(H,19,21). The van der Waals surface area contributed by atoms with Gasteiger partial charge in [0.25, 0.3) is 5.91 Å². The van der Waals surface area contributed by atoms with Crippen LogP contribution < -0.4 is 5.32 Å². The second-order valence-corrected chi connectivity index (χ2v) is 5.24. The molecule has 0 aliphatic carbocycles. The number of rotatable bonds is 2. The van der Waals surface area contributed by atoms with Crippen LogP contribution >= 0.6 is 0 Å². The number of imidazole rings is 1. The molecule has 3 aromatic rings. The molecule has 1 N–H and O–H groups in total. The number of anilines is 1. The van der Waals surface area contributed by atoms with Crippen LogP contribution in [-0.4, -0.2) is 15.5 Å². The lowest BCUT2D eigenvalue weighted by Crippen LogP contribution is -2.11. The van der Waals surface area contributed by atoms with E-state index < -0.39 is 0 Å². The van der Waals surface area contributed by atoms with E-state index in [1.54, 1.807) is 0 Å². The molecule has 0 aliphatic heterocycles. The van der Waals surface area contributed by atoms with Crippen LogP contribution in [0, 0.1) is 13.8 Å². The molecule has 3 rings (SSSR count). The summed E-state index contributed by atoms with van der Waals surface area (Å²) in [4.78, 5) is 16.7. The van der Waals surface area contributed by atoms with E-state index in [0.29, 0.717) is 5.56 Å². The first-order valence-corrected chi connectivity index (χ1v) is 6.86. The summed E-state index contributed by atoms with van der Waals surface area (Å²) < 4.78 is 2.01. The summed E-state index contributed by atoms with van der Waals surface area (Å²) in [7, 11) is 1.97. The third-order valence-corrected chi connectivity index (χ3v) is 3.68. The summed E-state index contributed by atoms with van der Waals surface area (Å²) in [5.41, 5.74) is 4.44. The molecule has 4 nitrogen and oxygen atoms in total. The van der Waals surface area contributed by atoms with Gasteiger partial charge in [-0.05, 0) is 44.2 Å². The Morgan fingerprint density at radius 2 is 1.81 bits per heavy atom. The molecule has 0 atom stereocenters. The van der Waals surface area contributed by atoms with Crippen molar-refractivity contribution in [3.63, 3.8) is 0 Å². The Morgan fingerprint density at radius 1 is 1.10 bits per heavy atom. The van der Waals surface area contributed by atoms with Gasteiger partial charge in [-0.25, -0.2) is 4.98 Å². The highest BCUT2D eigenvalue weighted by Crippen LogP contribution is 2.17. The second-order valence-electron chi connectivity index (χ2n) is 5.24. The van der Waals surface area contributed by atoms with Crippen molar-refractivity contribution in [2.45, 2.75) is 13.8 Å². The molecular formula is C17H17N3O. The Bertz CT molecular complexity index is 816. The minimum Gasteiger partial charge on any atom is -0.331 e. The van der Waals surface area contributed by atoms with Gasteiger partial charge in [0.2, 0.25) is 0 Å². The van der Waals surface area contributed by atoms with E-state index >= 15 is 0 Å². The van der Waals surface area contributed by atoms with Crippen molar-refractivity contribution in [3.05, 3.63) is 59.4 Å². The molecule has 0 saturated carbocycles. The van der Waals surface area contributed by atoms with Gasteiger partial charge in [-0.2, -0.15) is 0 Å². The lowest BCUT2D eigenvalue weighted by Gasteiger charge is -2.06. The molecule has 0 bridgehead atoms. The monoisotopic (exact) mass is 279 g/mol. The number of nitrogens with zero attached hydrogens (tertiary/aromatic N) is 2. The normalized spacial score (nSPS) is 10.8. The number of hydrogen-bond donors (Lipinski definition) is 1. The van der Waals surface area contributed by atoms with Crippen LogP contribution in [0.5, 0.6) is 0 Å². The van der Waals surface area contributed by atoms with Gasteiger partial charge in [-0.3, -0.25) is 4.79 Å². The smallest absolute Gasteiger partial charge is 0.255 e. The number of carbonyl (C=O) groups is 1. The first-order chi connectivity index (χ1) is 10.0. The Hall–Kier alpha value is -2.62. The van der Waals surface area contributed by atoms with Crippen LogP contribution in [0.25, 0.3) is 11.0 Å². The topological polar surface area (TPSA) is 46.9 Å². The van der Waals surface area contributed by atoms with Crippen molar-refractivity contribution in [2.24, 2.45) is 7.05 Å². The SMILES string of the molecule is Cc1ccc(NC(=O)c2ccc3c(c2)nc(C)n3C)cc1. The van der Waals surface area contributed by atoms with Crippen LogP contribution in [0.4, 0.5) is 5.69 Å². The van der Waals surface area contributed by atoms with Gasteiger partial charge in [-0.15, -0.1) is 0 Å². The fourth-order valence-electron chi connectivity index (χ4n) is 2.30. The molecule has 106 valence electrons. The van der Waals surface area contributed by atoms with Gasteiger partial charge >= 0.3 is 0 Å². The molecule has 0 fully saturated rings. The van der Waals surface area contributed by atoms with Crippen molar-refractivity contribution in [3.8, 4) is 0 Å². The molecule has 0 aliphatic rings. The summed E-state index contributed by atoms with van der Waals surface area (Å²) in [6.07, 6.45) is 0. The Kier molecular flexibility index (Phi) is 3.22. The van der Waals surface area contributed by atoms with E-state index in [2.05, 4.69) is 10.3 Å². The first kappa shape index (κ1) is 13.4. The molecule has 0 spiro atoms. The summed E-state index contributed by atoms with van der Waals surface area (Å²) in [5, 5.41) is 2.90. The molecular weight excluding hydrogens is 262 g/mol. The van der Waals surface area contributed by atoms with Gasteiger partial charge in [0, 0.05) is 18.3 Å². The number of nitrogens with one attached hydrogen (secondary N) is 1. The number of benzene rings is 2. The van der Waals surface area contributed by atoms with E-state index in [-0.39, 0.29) is 5.91 Å². The first-order valence-electron chi connectivity index (χ1n) is 6.86. The summed E-state index contributed by atoms with van der Waals surface area (Å²) in [5.74, 6) is 0.810. The molecule has 1 amide bonds. The minimum absolute atomic E-state index is 0.121. The van der Waals surface area contributed by atoms with Gasteiger partial charge < -0.3 is 9.88 Å². The largest absolute Gasteiger partial charge is 0.331 e. The third-order valence-electron chi connectivity index (χ3n) is 3.68. The predicted molar refractivity (Wildman–Crippen MR) is 84.6 cm³/mol. The van der Waals surface area contributed by atoms with Gasteiger partial charge in [0.15, 0.2) is 0 Å². The van der Waals surface area contributed by atoms with Crippen LogP contribution in [0.2, 0.25) is 0 Å². The van der Waals surface area contributed by atoms with Crippen LogP contribution in [-0.2, 0) is 7.05 Å². The Morgan fingerprint density at radius 3 is 2.52 bits per heavy atom. The van der Waals surface area contributed by atoms with E-state index in [1.807, 2.05) is 67.9 Å². The maximum absolute atomic E-state index is 12.3. The summed E-state index contributed by atoms with van der Waals surface area (Å²) in [6.45, 7) is 3.97. The number of carbonyl (C=O) groups excluding carboxylic acids is 1. The highest BCUT2D eigenvalue weighted by Gasteiger charge is 2.10. The maximum atomic E-state index is 12.3. The zero-order chi connectivity index (χ0) is 15.0. The average molecular weight is 279 g/mol. The van der Waals surface area contributed by atoms with E-state index in [4.69, 9.17) is 0 Å². The second kappa shape index (κ2) is 5.05. The lowest BCUT2D eigenvalue weighted by molar-refractivity contribution is 0.102. The van der Waals surface area contributed by atoms with Gasteiger partial charge in [-0.1, -0.05) is 17.7 Å². The van der Waals surface area contributed by atoms with Crippen LogP contribution in [0.1, 0.15) is 21.7 Å². The molecule has 1 heterocycles. The molecule has 21 heavy (non-hydrogen) atoms. The predicted octanol–water partition coefficient (Wildman–Crippen LogP) is 3.44. The fourth-order valence-corrected chi connectivity index (χ4v) is 2.30. The number of fused-ring (bicyclic) bond motifs is 1. The number of amides is 1. The number of aromatic nitrogens is 2.